The Morgan fingerprint density at radius 3 is 2.55 bits per heavy atom. The highest BCUT2D eigenvalue weighted by molar-refractivity contribution is 5.31. The second-order valence-electron chi connectivity index (χ2n) is 1.84. The maximum absolute atomic E-state index is 12.4. The van der Waals surface area contributed by atoms with Gasteiger partial charge in [-0.25, -0.2) is 8.78 Å². The molecule has 0 aliphatic carbocycles. The zero-order valence-electron chi connectivity index (χ0n) is 5.38. The van der Waals surface area contributed by atoms with Crippen LogP contribution in [0.1, 0.15) is 5.56 Å². The molecular formula is C7H4F2NO+. The zero-order chi connectivity index (χ0) is 8.27. The predicted octanol–water partition coefficient (Wildman–Crippen LogP) is 2.04. The molecule has 0 aliphatic heterocycles. The van der Waals surface area contributed by atoms with Gasteiger partial charge in [0.2, 0.25) is 5.01 Å². The van der Waals surface area contributed by atoms with Crippen LogP contribution in [-0.2, 0) is 0 Å². The first-order valence-corrected chi connectivity index (χ1v) is 2.79. The molecule has 0 atom stereocenters. The molecule has 1 aromatic rings. The van der Waals surface area contributed by atoms with Crippen molar-refractivity contribution in [1.29, 1.82) is 0 Å². The van der Waals surface area contributed by atoms with Gasteiger partial charge < -0.3 is 0 Å². The fourth-order valence-electron chi connectivity index (χ4n) is 0.623. The Balaban J connectivity index is 3.12. The van der Waals surface area contributed by atoms with Crippen molar-refractivity contribution in [3.63, 3.8) is 0 Å². The summed E-state index contributed by atoms with van der Waals surface area (Å²) < 4.78 is 24.6. The molecule has 11 heavy (non-hydrogen) atoms. The van der Waals surface area contributed by atoms with Crippen molar-refractivity contribution in [3.05, 3.63) is 40.4 Å². The molecule has 1 N–H and O–H groups in total. The molecule has 0 bridgehead atoms. The zero-order valence-corrected chi connectivity index (χ0v) is 5.38. The molecule has 0 aliphatic rings. The number of halogens is 2. The lowest BCUT2D eigenvalue weighted by atomic mass is 10.2. The van der Waals surface area contributed by atoms with E-state index in [-0.39, 0.29) is 5.56 Å². The van der Waals surface area contributed by atoms with Crippen LogP contribution in [-0.4, -0.2) is 5.21 Å². The van der Waals surface area contributed by atoms with Crippen LogP contribution in [0.4, 0.5) is 8.78 Å². The average Bonchev–Trinajstić information content (AvgIpc) is 1.98. The minimum atomic E-state index is -0.987. The Labute approximate surface area is 61.5 Å². The topological polar surface area (TPSA) is 24.6 Å². The third kappa shape index (κ3) is 1.64. The minimum Gasteiger partial charge on any atom is -0.204 e. The third-order valence-electron chi connectivity index (χ3n) is 1.10. The van der Waals surface area contributed by atoms with Gasteiger partial charge in [0.15, 0.2) is 11.6 Å². The highest BCUT2D eigenvalue weighted by Gasteiger charge is 2.03. The summed E-state index contributed by atoms with van der Waals surface area (Å²) >= 11 is 0. The fraction of sp³-hybridized carbons (Fsp3) is 0. The second-order valence-corrected chi connectivity index (χ2v) is 1.84. The van der Waals surface area contributed by atoms with Crippen LogP contribution in [0.25, 0.3) is 5.01 Å². The molecule has 0 saturated carbocycles. The van der Waals surface area contributed by atoms with Gasteiger partial charge in [-0.3, -0.25) is 0 Å². The van der Waals surface area contributed by atoms with E-state index in [0.29, 0.717) is 0 Å². The standard InChI is InChI=1S/C7H3F2NO/c8-6-2-1-5(4-10-11)3-7(6)9/h1-3H/p+1. The van der Waals surface area contributed by atoms with Crippen molar-refractivity contribution in [2.75, 3.05) is 0 Å². The monoisotopic (exact) mass is 156 g/mol. The maximum atomic E-state index is 12.4. The van der Waals surface area contributed by atoms with E-state index in [1.165, 1.54) is 6.07 Å². The van der Waals surface area contributed by atoms with E-state index < -0.39 is 11.6 Å². The molecule has 0 heterocycles. The SMILES string of the molecule is O[N+]#Cc1ccc(F)c(F)c1. The maximum Gasteiger partial charge on any atom is 0.388 e. The summed E-state index contributed by atoms with van der Waals surface area (Å²) in [5, 5.41) is 10.5. The third-order valence-corrected chi connectivity index (χ3v) is 1.10. The van der Waals surface area contributed by atoms with E-state index in [9.17, 15) is 8.78 Å². The van der Waals surface area contributed by atoms with Gasteiger partial charge in [0.05, 0.1) is 0 Å². The average molecular weight is 156 g/mol. The number of hydrogen-bond donors (Lipinski definition) is 1. The minimum absolute atomic E-state index is 0.186. The highest BCUT2D eigenvalue weighted by atomic mass is 19.2. The molecule has 56 valence electrons. The van der Waals surface area contributed by atoms with Gasteiger partial charge in [-0.15, -0.1) is 0 Å². The lowest BCUT2D eigenvalue weighted by Crippen LogP contribution is -1.83. The fourth-order valence-corrected chi connectivity index (χ4v) is 0.623. The van der Waals surface area contributed by atoms with Crippen LogP contribution in [0, 0.1) is 17.7 Å². The smallest absolute Gasteiger partial charge is 0.204 e. The molecule has 0 amide bonds. The predicted molar refractivity (Wildman–Crippen MR) is 34.5 cm³/mol. The van der Waals surface area contributed by atoms with Gasteiger partial charge >= 0.3 is 6.07 Å². The second kappa shape index (κ2) is 2.97. The van der Waals surface area contributed by atoms with Crippen molar-refractivity contribution in [3.8, 4) is 6.07 Å². The van der Waals surface area contributed by atoms with Crippen LogP contribution in [0.3, 0.4) is 0 Å². The van der Waals surface area contributed by atoms with E-state index in [4.69, 9.17) is 5.21 Å². The largest absolute Gasteiger partial charge is 0.388 e. The summed E-state index contributed by atoms with van der Waals surface area (Å²) in [5.41, 5.74) is 0.186. The van der Waals surface area contributed by atoms with Gasteiger partial charge in [0.25, 0.3) is 0 Å². The molecule has 1 rings (SSSR count). The van der Waals surface area contributed by atoms with Crippen LogP contribution in [0.5, 0.6) is 0 Å². The number of nitrogens with zero attached hydrogens (tertiary/aromatic N) is 1. The van der Waals surface area contributed by atoms with Crippen molar-refractivity contribution < 1.29 is 14.0 Å². The molecule has 0 unspecified atom stereocenters. The van der Waals surface area contributed by atoms with Crippen molar-refractivity contribution in [2.45, 2.75) is 0 Å². The van der Waals surface area contributed by atoms with E-state index in [2.05, 4.69) is 5.01 Å². The Morgan fingerprint density at radius 2 is 2.00 bits per heavy atom. The Bertz CT molecular complexity index is 327. The highest BCUT2D eigenvalue weighted by Crippen LogP contribution is 2.07. The molecule has 0 saturated heterocycles. The van der Waals surface area contributed by atoms with Crippen molar-refractivity contribution in [2.24, 2.45) is 0 Å². The summed E-state index contributed by atoms with van der Waals surface area (Å²) in [5.74, 6) is -1.92. The van der Waals surface area contributed by atoms with Gasteiger partial charge in [-0.2, -0.15) is 5.21 Å². The summed E-state index contributed by atoms with van der Waals surface area (Å²) in [6.07, 6.45) is 0. The lowest BCUT2D eigenvalue weighted by molar-refractivity contribution is 0.465. The van der Waals surface area contributed by atoms with Gasteiger partial charge in [0.1, 0.15) is 5.56 Å². The summed E-state index contributed by atoms with van der Waals surface area (Å²) in [4.78, 5) is 0. The normalized spacial score (nSPS) is 8.55. The number of benzene rings is 1. The van der Waals surface area contributed by atoms with Crippen molar-refractivity contribution in [1.82, 2.24) is 0 Å². The van der Waals surface area contributed by atoms with E-state index >= 15 is 0 Å². The lowest BCUT2D eigenvalue weighted by Gasteiger charge is -1.88. The first-order valence-electron chi connectivity index (χ1n) is 2.79. The van der Waals surface area contributed by atoms with Crippen LogP contribution >= 0.6 is 0 Å². The Hall–Kier alpha value is -1.63. The molecule has 0 spiro atoms. The van der Waals surface area contributed by atoms with Gasteiger partial charge in [0, 0.05) is 0 Å². The summed E-state index contributed by atoms with van der Waals surface area (Å²) in [7, 11) is 0. The molecule has 0 fully saturated rings. The quantitative estimate of drug-likeness (QED) is 0.571. The van der Waals surface area contributed by atoms with E-state index in [1.807, 2.05) is 6.07 Å². The van der Waals surface area contributed by atoms with Gasteiger partial charge in [-0.05, 0) is 18.2 Å². The molecule has 4 heteroatoms. The van der Waals surface area contributed by atoms with E-state index in [1.54, 1.807) is 0 Å². The summed E-state index contributed by atoms with van der Waals surface area (Å²) in [6.45, 7) is 0. The molecular weight excluding hydrogens is 152 g/mol. The Morgan fingerprint density at radius 1 is 1.27 bits per heavy atom. The van der Waals surface area contributed by atoms with Crippen molar-refractivity contribution >= 4 is 0 Å². The molecule has 0 radical (unpaired) electrons. The summed E-state index contributed by atoms with van der Waals surface area (Å²) in [6, 6.07) is 5.11. The van der Waals surface area contributed by atoms with Gasteiger partial charge in [-0.1, -0.05) is 0 Å². The number of hydrogen-bond acceptors (Lipinski definition) is 1. The molecule has 1 aromatic carbocycles. The first kappa shape index (κ1) is 7.48. The van der Waals surface area contributed by atoms with E-state index in [0.717, 1.165) is 12.1 Å². The van der Waals surface area contributed by atoms with Crippen LogP contribution in [0.2, 0.25) is 0 Å². The number of rotatable bonds is 0. The van der Waals surface area contributed by atoms with Crippen LogP contribution in [0.15, 0.2) is 18.2 Å². The molecule has 0 aromatic heterocycles. The molecule has 2 nitrogen and oxygen atoms in total. The van der Waals surface area contributed by atoms with Crippen LogP contribution < -0.4 is 0 Å². The first-order chi connectivity index (χ1) is 5.24. The Kier molecular flexibility index (Phi) is 2.02.